The lowest BCUT2D eigenvalue weighted by molar-refractivity contribution is 0.306. The number of benzene rings is 2. The van der Waals surface area contributed by atoms with Crippen molar-refractivity contribution in [3.8, 4) is 16.9 Å². The van der Waals surface area contributed by atoms with Gasteiger partial charge >= 0.3 is 0 Å². The molecule has 0 amide bonds. The first-order valence-corrected chi connectivity index (χ1v) is 11.3. The van der Waals surface area contributed by atoms with E-state index >= 15 is 0 Å². The number of alkyl halides is 1. The minimum Gasteiger partial charge on any atom is -0.491 e. The Morgan fingerprint density at radius 1 is 0.812 bits per heavy atom. The van der Waals surface area contributed by atoms with Crippen LogP contribution in [0, 0.1) is 29.2 Å². The van der Waals surface area contributed by atoms with E-state index in [1.165, 1.54) is 24.3 Å². The third-order valence-electron chi connectivity index (χ3n) is 6.22. The topological polar surface area (TPSA) is 9.23 Å². The average Bonchev–Trinajstić information content (AvgIpc) is 2.80. The second kappa shape index (κ2) is 11.5. The van der Waals surface area contributed by atoms with E-state index in [0.717, 1.165) is 38.5 Å². The summed E-state index contributed by atoms with van der Waals surface area (Å²) in [5.74, 6) is -4.47. The first kappa shape index (κ1) is 24.3. The molecule has 32 heavy (non-hydrogen) atoms. The number of hydrogen-bond donors (Lipinski definition) is 0. The molecule has 3 rings (SSSR count). The van der Waals surface area contributed by atoms with Gasteiger partial charge in [0.25, 0.3) is 0 Å². The second-order valence-corrected chi connectivity index (χ2v) is 8.25. The summed E-state index contributed by atoms with van der Waals surface area (Å²) in [5.41, 5.74) is -0.350. The Kier molecular flexibility index (Phi) is 8.71. The minimum absolute atomic E-state index is 0.0983. The van der Waals surface area contributed by atoms with E-state index in [0.29, 0.717) is 17.9 Å². The summed E-state index contributed by atoms with van der Waals surface area (Å²) in [6, 6.07) is 5.24. The molecule has 0 unspecified atom stereocenters. The van der Waals surface area contributed by atoms with Crippen LogP contribution in [0.4, 0.5) is 22.0 Å². The fourth-order valence-corrected chi connectivity index (χ4v) is 4.49. The van der Waals surface area contributed by atoms with Gasteiger partial charge in [-0.15, -0.1) is 0 Å². The number of rotatable bonds is 9. The van der Waals surface area contributed by atoms with Crippen molar-refractivity contribution in [2.75, 3.05) is 13.3 Å². The molecule has 0 aromatic heterocycles. The maximum atomic E-state index is 14.9. The molecule has 1 fully saturated rings. The van der Waals surface area contributed by atoms with E-state index in [1.807, 2.05) is 12.2 Å². The van der Waals surface area contributed by atoms with Crippen molar-refractivity contribution in [1.29, 1.82) is 0 Å². The summed E-state index contributed by atoms with van der Waals surface area (Å²) >= 11 is 0. The third-order valence-corrected chi connectivity index (χ3v) is 6.22. The number of halogens is 5. The zero-order valence-electron chi connectivity index (χ0n) is 18.3. The predicted octanol–water partition coefficient (Wildman–Crippen LogP) is 8.28. The number of allylic oxidation sites excluding steroid dienone is 2. The zero-order chi connectivity index (χ0) is 23.1. The Bertz CT molecular complexity index is 932. The molecule has 0 heterocycles. The maximum absolute atomic E-state index is 14.9. The van der Waals surface area contributed by atoms with Crippen molar-refractivity contribution >= 4 is 0 Å². The van der Waals surface area contributed by atoms with Gasteiger partial charge in [-0.25, -0.2) is 13.2 Å². The van der Waals surface area contributed by atoms with Crippen LogP contribution >= 0.6 is 0 Å². The molecule has 2 aromatic carbocycles. The fraction of sp³-hybridized carbons (Fsp3) is 0.462. The monoisotopic (exact) mass is 452 g/mol. The van der Waals surface area contributed by atoms with Crippen molar-refractivity contribution in [3.05, 3.63) is 65.2 Å². The lowest BCUT2D eigenvalue weighted by Crippen LogP contribution is -2.15. The van der Waals surface area contributed by atoms with Gasteiger partial charge in [0.05, 0.1) is 13.3 Å². The summed E-state index contributed by atoms with van der Waals surface area (Å²) in [5, 5.41) is 0. The number of hydrogen-bond acceptors (Lipinski definition) is 1. The zero-order valence-corrected chi connectivity index (χ0v) is 18.3. The first-order valence-electron chi connectivity index (χ1n) is 11.3. The van der Waals surface area contributed by atoms with Gasteiger partial charge in [0.2, 0.25) is 5.82 Å². The van der Waals surface area contributed by atoms with Crippen molar-refractivity contribution in [2.45, 2.75) is 57.8 Å². The molecule has 1 saturated carbocycles. The SMILES string of the molecule is CCOc1ccc(-c2ccc(C3CCC(CCC=CCCF)CC3)c(F)c2F)c(F)c1F. The molecular weight excluding hydrogens is 423 g/mol. The van der Waals surface area contributed by atoms with Gasteiger partial charge < -0.3 is 4.74 Å². The molecule has 1 aliphatic carbocycles. The van der Waals surface area contributed by atoms with Crippen LogP contribution in [0.3, 0.4) is 0 Å². The van der Waals surface area contributed by atoms with Gasteiger partial charge in [-0.2, -0.15) is 4.39 Å². The van der Waals surface area contributed by atoms with Crippen LogP contribution < -0.4 is 4.74 Å². The molecule has 1 aliphatic rings. The molecule has 0 saturated heterocycles. The van der Waals surface area contributed by atoms with Gasteiger partial charge in [0.15, 0.2) is 23.2 Å². The largest absolute Gasteiger partial charge is 0.491 e. The summed E-state index contributed by atoms with van der Waals surface area (Å²) in [7, 11) is 0. The second-order valence-electron chi connectivity index (χ2n) is 8.25. The minimum atomic E-state index is -1.26. The predicted molar refractivity (Wildman–Crippen MR) is 117 cm³/mol. The molecule has 0 radical (unpaired) electrons. The summed E-state index contributed by atoms with van der Waals surface area (Å²) in [6.45, 7) is 1.45. The Morgan fingerprint density at radius 2 is 1.44 bits per heavy atom. The molecule has 0 atom stereocenters. The molecule has 0 spiro atoms. The summed E-state index contributed by atoms with van der Waals surface area (Å²) in [4.78, 5) is 0. The molecule has 0 bridgehead atoms. The Morgan fingerprint density at radius 3 is 2.09 bits per heavy atom. The van der Waals surface area contributed by atoms with Gasteiger partial charge in [-0.3, -0.25) is 4.39 Å². The average molecular weight is 453 g/mol. The van der Waals surface area contributed by atoms with E-state index in [2.05, 4.69) is 0 Å². The van der Waals surface area contributed by atoms with E-state index < -0.39 is 23.3 Å². The van der Waals surface area contributed by atoms with Crippen molar-refractivity contribution in [1.82, 2.24) is 0 Å². The smallest absolute Gasteiger partial charge is 0.201 e. The maximum Gasteiger partial charge on any atom is 0.201 e. The highest BCUT2D eigenvalue weighted by molar-refractivity contribution is 5.66. The summed E-state index contributed by atoms with van der Waals surface area (Å²) in [6.07, 6.45) is 9.55. The van der Waals surface area contributed by atoms with Crippen molar-refractivity contribution in [3.63, 3.8) is 0 Å². The molecule has 1 nitrogen and oxygen atoms in total. The van der Waals surface area contributed by atoms with Crippen LogP contribution in [0.5, 0.6) is 5.75 Å². The van der Waals surface area contributed by atoms with Gasteiger partial charge in [0, 0.05) is 11.1 Å². The highest BCUT2D eigenvalue weighted by Gasteiger charge is 2.27. The normalized spacial score (nSPS) is 18.9. The quantitative estimate of drug-likeness (QED) is 0.275. The highest BCUT2D eigenvalue weighted by atomic mass is 19.2. The molecule has 0 N–H and O–H groups in total. The van der Waals surface area contributed by atoms with E-state index in [-0.39, 0.29) is 36.1 Å². The lowest BCUT2D eigenvalue weighted by atomic mass is 9.77. The van der Waals surface area contributed by atoms with Crippen molar-refractivity contribution < 1.29 is 26.7 Å². The Balaban J connectivity index is 1.70. The van der Waals surface area contributed by atoms with E-state index in [1.54, 1.807) is 6.92 Å². The van der Waals surface area contributed by atoms with Crippen LogP contribution in [-0.4, -0.2) is 13.3 Å². The van der Waals surface area contributed by atoms with Gasteiger partial charge in [-0.1, -0.05) is 24.3 Å². The van der Waals surface area contributed by atoms with E-state index in [9.17, 15) is 22.0 Å². The third kappa shape index (κ3) is 5.51. The molecule has 6 heteroatoms. The number of ether oxygens (including phenoxy) is 1. The fourth-order valence-electron chi connectivity index (χ4n) is 4.49. The molecule has 2 aromatic rings. The van der Waals surface area contributed by atoms with Crippen LogP contribution in [0.2, 0.25) is 0 Å². The standard InChI is InChI=1S/C26H29F5O/c1-2-32-22-15-14-21(25(30)26(22)31)20-13-12-19(23(28)24(20)29)18-10-8-17(9-11-18)7-5-3-4-6-16-27/h3-4,12-15,17-18H,2,5-11,16H2,1H3. The van der Waals surface area contributed by atoms with Crippen LogP contribution in [0.1, 0.15) is 63.4 Å². The Hall–Kier alpha value is -2.37. The Labute approximate surface area is 186 Å². The molecule has 174 valence electrons. The van der Waals surface area contributed by atoms with Crippen LogP contribution in [0.25, 0.3) is 11.1 Å². The lowest BCUT2D eigenvalue weighted by Gasteiger charge is -2.29. The van der Waals surface area contributed by atoms with Crippen molar-refractivity contribution in [2.24, 2.45) is 5.92 Å². The van der Waals surface area contributed by atoms with E-state index in [4.69, 9.17) is 4.74 Å². The summed E-state index contributed by atoms with van der Waals surface area (Å²) < 4.78 is 75.6. The van der Waals surface area contributed by atoms with Crippen LogP contribution in [0.15, 0.2) is 36.4 Å². The first-order chi connectivity index (χ1) is 15.5. The highest BCUT2D eigenvalue weighted by Crippen LogP contribution is 2.41. The molecular formula is C26H29F5O. The van der Waals surface area contributed by atoms with Crippen LogP contribution in [-0.2, 0) is 0 Å². The van der Waals surface area contributed by atoms with Gasteiger partial charge in [-0.05, 0) is 81.4 Å². The molecule has 0 aliphatic heterocycles. The van der Waals surface area contributed by atoms with Gasteiger partial charge in [0.1, 0.15) is 0 Å².